The zero-order valence-corrected chi connectivity index (χ0v) is 13.8. The Morgan fingerprint density at radius 1 is 1.04 bits per heavy atom. The van der Waals surface area contributed by atoms with Crippen molar-refractivity contribution in [3.8, 4) is 5.75 Å². The van der Waals surface area contributed by atoms with Gasteiger partial charge in [-0.1, -0.05) is 42.5 Å². The molecule has 23 heavy (non-hydrogen) atoms. The third-order valence-corrected chi connectivity index (χ3v) is 5.94. The van der Waals surface area contributed by atoms with Gasteiger partial charge in [0.1, 0.15) is 30.7 Å². The number of ether oxygens (including phenoxy) is 1. The lowest BCUT2D eigenvalue weighted by Gasteiger charge is -2.12. The molecule has 0 bridgehead atoms. The van der Waals surface area contributed by atoms with Crippen molar-refractivity contribution in [1.82, 2.24) is 0 Å². The van der Waals surface area contributed by atoms with Crippen molar-refractivity contribution in [3.05, 3.63) is 65.7 Å². The van der Waals surface area contributed by atoms with Crippen LogP contribution in [0.15, 0.2) is 54.6 Å². The Bertz CT molecular complexity index is 744. The number of benzene rings is 2. The van der Waals surface area contributed by atoms with E-state index in [0.717, 1.165) is 29.8 Å². The summed E-state index contributed by atoms with van der Waals surface area (Å²) in [6.07, 6.45) is 0.745. The van der Waals surface area contributed by atoms with E-state index in [1.165, 1.54) is 0 Å². The average Bonchev–Trinajstić information content (AvgIpc) is 2.92. The van der Waals surface area contributed by atoms with Gasteiger partial charge in [-0.3, -0.25) is 0 Å². The van der Waals surface area contributed by atoms with Gasteiger partial charge in [-0.05, 0) is 17.7 Å². The maximum atomic E-state index is 11.5. The molecule has 1 atom stereocenters. The summed E-state index contributed by atoms with van der Waals surface area (Å²) in [4.78, 5) is 0. The lowest BCUT2D eigenvalue weighted by molar-refractivity contribution is -0.699. The van der Waals surface area contributed by atoms with Crippen LogP contribution in [0.3, 0.4) is 0 Å². The molecule has 2 aromatic carbocycles. The number of rotatable bonds is 6. The molecule has 3 rings (SSSR count). The molecule has 1 saturated heterocycles. The normalized spacial score (nSPS) is 19.6. The number of nitrogens with two attached hydrogens (primary N) is 1. The molecule has 1 heterocycles. The van der Waals surface area contributed by atoms with E-state index in [9.17, 15) is 8.42 Å². The van der Waals surface area contributed by atoms with Crippen molar-refractivity contribution in [3.63, 3.8) is 0 Å². The van der Waals surface area contributed by atoms with Crippen LogP contribution >= 0.6 is 0 Å². The topological polar surface area (TPSA) is 60.0 Å². The Morgan fingerprint density at radius 2 is 1.78 bits per heavy atom. The molecule has 0 aliphatic carbocycles. The Balaban J connectivity index is 1.59. The standard InChI is InChI=1S/C18H21NO3S/c20-23(21)11-10-17(14-23)19-12-16-8-4-5-9-18(16)22-13-15-6-2-1-3-7-15/h1-9,17,19H,10-14H2/p+1/t17-/m1/s1. The van der Waals surface area contributed by atoms with Crippen molar-refractivity contribution in [2.45, 2.75) is 25.6 Å². The van der Waals surface area contributed by atoms with Crippen LogP contribution in [0.25, 0.3) is 0 Å². The van der Waals surface area contributed by atoms with Gasteiger partial charge < -0.3 is 10.1 Å². The predicted molar refractivity (Wildman–Crippen MR) is 89.9 cm³/mol. The predicted octanol–water partition coefficient (Wildman–Crippen LogP) is 1.52. The van der Waals surface area contributed by atoms with Crippen LogP contribution in [0, 0.1) is 0 Å². The van der Waals surface area contributed by atoms with E-state index in [1.807, 2.05) is 54.6 Å². The fourth-order valence-electron chi connectivity index (χ4n) is 2.85. The zero-order chi connectivity index (χ0) is 16.1. The lowest BCUT2D eigenvalue weighted by atomic mass is 10.1. The van der Waals surface area contributed by atoms with Crippen LogP contribution in [0.1, 0.15) is 17.5 Å². The van der Waals surface area contributed by atoms with Gasteiger partial charge in [0, 0.05) is 12.0 Å². The molecular weight excluding hydrogens is 310 g/mol. The molecular formula is C18H22NO3S+. The summed E-state index contributed by atoms with van der Waals surface area (Å²) in [5.41, 5.74) is 2.24. The van der Waals surface area contributed by atoms with Gasteiger partial charge in [-0.2, -0.15) is 0 Å². The first-order chi connectivity index (χ1) is 11.1. The Kier molecular flexibility index (Phi) is 4.98. The molecule has 0 amide bonds. The largest absolute Gasteiger partial charge is 0.488 e. The van der Waals surface area contributed by atoms with Gasteiger partial charge in [0.05, 0.1) is 5.75 Å². The SMILES string of the molecule is O=S1(=O)CC[C@@H]([NH2+]Cc2ccccc2OCc2ccccc2)C1. The van der Waals surface area contributed by atoms with E-state index in [0.29, 0.717) is 18.1 Å². The summed E-state index contributed by atoms with van der Waals surface area (Å²) in [6, 6.07) is 18.2. The number of sulfone groups is 1. The molecule has 0 aromatic heterocycles. The maximum Gasteiger partial charge on any atom is 0.156 e. The highest BCUT2D eigenvalue weighted by atomic mass is 32.2. The van der Waals surface area contributed by atoms with Crippen molar-refractivity contribution < 1.29 is 18.5 Å². The first kappa shape index (κ1) is 16.0. The Morgan fingerprint density at radius 3 is 2.52 bits per heavy atom. The summed E-state index contributed by atoms with van der Waals surface area (Å²) in [5, 5.41) is 2.12. The minimum Gasteiger partial charge on any atom is -0.488 e. The highest BCUT2D eigenvalue weighted by molar-refractivity contribution is 7.91. The summed E-state index contributed by atoms with van der Waals surface area (Å²) in [7, 11) is -2.82. The molecule has 1 aliphatic heterocycles. The third kappa shape index (κ3) is 4.56. The molecule has 0 spiro atoms. The minimum atomic E-state index is -2.82. The van der Waals surface area contributed by atoms with Gasteiger partial charge in [0.2, 0.25) is 0 Å². The fourth-order valence-corrected chi connectivity index (χ4v) is 4.64. The van der Waals surface area contributed by atoms with Crippen molar-refractivity contribution in [2.24, 2.45) is 0 Å². The van der Waals surface area contributed by atoms with Gasteiger partial charge >= 0.3 is 0 Å². The van der Waals surface area contributed by atoms with Gasteiger partial charge in [0.15, 0.2) is 9.84 Å². The Labute approximate surface area is 137 Å². The number of quaternary nitrogens is 1. The molecule has 5 heteroatoms. The summed E-state index contributed by atoms with van der Waals surface area (Å²) < 4.78 is 29.0. The second-order valence-electron chi connectivity index (χ2n) is 5.98. The molecule has 1 fully saturated rings. The maximum absolute atomic E-state index is 11.5. The highest BCUT2D eigenvalue weighted by Gasteiger charge is 2.30. The van der Waals surface area contributed by atoms with Crippen LogP contribution in [-0.4, -0.2) is 26.0 Å². The minimum absolute atomic E-state index is 0.169. The van der Waals surface area contributed by atoms with Crippen LogP contribution in [-0.2, 0) is 23.0 Å². The number of hydrogen-bond donors (Lipinski definition) is 1. The quantitative estimate of drug-likeness (QED) is 0.872. The first-order valence-corrected chi connectivity index (χ1v) is 9.73. The molecule has 1 aliphatic rings. The summed E-state index contributed by atoms with van der Waals surface area (Å²) in [5.74, 6) is 1.48. The number of para-hydroxylation sites is 1. The van der Waals surface area contributed by atoms with Crippen molar-refractivity contribution in [1.29, 1.82) is 0 Å². The van der Waals surface area contributed by atoms with E-state index in [2.05, 4.69) is 5.32 Å². The second-order valence-corrected chi connectivity index (χ2v) is 8.21. The van der Waals surface area contributed by atoms with Gasteiger partial charge in [-0.25, -0.2) is 8.42 Å². The average molecular weight is 332 g/mol. The fraction of sp³-hybridized carbons (Fsp3) is 0.333. The first-order valence-electron chi connectivity index (χ1n) is 7.91. The molecule has 2 N–H and O–H groups in total. The summed E-state index contributed by atoms with van der Waals surface area (Å²) >= 11 is 0. The molecule has 0 saturated carbocycles. The molecule has 122 valence electrons. The van der Waals surface area contributed by atoms with Crippen LogP contribution < -0.4 is 10.1 Å². The van der Waals surface area contributed by atoms with Gasteiger partial charge in [-0.15, -0.1) is 0 Å². The smallest absolute Gasteiger partial charge is 0.156 e. The Hall–Kier alpha value is -1.85. The van der Waals surface area contributed by atoms with Gasteiger partial charge in [0.25, 0.3) is 0 Å². The second kappa shape index (κ2) is 7.15. The number of hydrogen-bond acceptors (Lipinski definition) is 3. The van der Waals surface area contributed by atoms with E-state index in [4.69, 9.17) is 4.74 Å². The lowest BCUT2D eigenvalue weighted by Crippen LogP contribution is -2.89. The van der Waals surface area contributed by atoms with Crippen LogP contribution in [0.2, 0.25) is 0 Å². The highest BCUT2D eigenvalue weighted by Crippen LogP contribution is 2.18. The molecule has 2 aromatic rings. The van der Waals surface area contributed by atoms with Crippen molar-refractivity contribution >= 4 is 9.84 Å². The van der Waals surface area contributed by atoms with E-state index < -0.39 is 9.84 Å². The summed E-state index contributed by atoms with van der Waals surface area (Å²) in [6.45, 7) is 1.28. The van der Waals surface area contributed by atoms with E-state index in [-0.39, 0.29) is 6.04 Å². The van der Waals surface area contributed by atoms with E-state index in [1.54, 1.807) is 0 Å². The molecule has 4 nitrogen and oxygen atoms in total. The third-order valence-electron chi connectivity index (χ3n) is 4.15. The molecule has 0 unspecified atom stereocenters. The zero-order valence-electron chi connectivity index (χ0n) is 13.0. The monoisotopic (exact) mass is 332 g/mol. The van der Waals surface area contributed by atoms with Crippen LogP contribution in [0.4, 0.5) is 0 Å². The molecule has 0 radical (unpaired) electrons. The van der Waals surface area contributed by atoms with Crippen molar-refractivity contribution in [2.75, 3.05) is 11.5 Å². The van der Waals surface area contributed by atoms with Crippen LogP contribution in [0.5, 0.6) is 5.75 Å². The van der Waals surface area contributed by atoms with E-state index >= 15 is 0 Å².